The smallest absolute Gasteiger partial charge is 0.271 e. The number of hydrogen-bond donors (Lipinski definition) is 2. The second kappa shape index (κ2) is 9.68. The van der Waals surface area contributed by atoms with Crippen LogP contribution in [0.4, 0.5) is 11.4 Å². The van der Waals surface area contributed by atoms with Crippen molar-refractivity contribution in [1.29, 1.82) is 0 Å². The number of aryl methyl sites for hydroxylation is 2. The van der Waals surface area contributed by atoms with Crippen molar-refractivity contribution in [1.82, 2.24) is 0 Å². The van der Waals surface area contributed by atoms with Crippen molar-refractivity contribution in [3.05, 3.63) is 71.1 Å². The summed E-state index contributed by atoms with van der Waals surface area (Å²) in [5.41, 5.74) is 3.53. The van der Waals surface area contributed by atoms with Crippen LogP contribution in [0.1, 0.15) is 25.0 Å². The van der Waals surface area contributed by atoms with Gasteiger partial charge < -0.3 is 5.32 Å². The molecule has 0 fully saturated rings. The Labute approximate surface area is 186 Å². The third-order valence-electron chi connectivity index (χ3n) is 4.54. The molecule has 0 radical (unpaired) electrons. The Bertz CT molecular complexity index is 1110. The molecular formula is C22H24N2O3S3. The lowest BCUT2D eigenvalue weighted by Crippen LogP contribution is -2.23. The first-order chi connectivity index (χ1) is 14.3. The van der Waals surface area contributed by atoms with Gasteiger partial charge in [0.2, 0.25) is 5.91 Å². The lowest BCUT2D eigenvalue weighted by atomic mass is 10.1. The Hall–Kier alpha value is -2.29. The van der Waals surface area contributed by atoms with Gasteiger partial charge in [-0.3, -0.25) is 9.52 Å². The minimum Gasteiger partial charge on any atom is -0.325 e. The number of amides is 1. The first-order valence-corrected chi connectivity index (χ1v) is 12.8. The Kier molecular flexibility index (Phi) is 7.23. The number of benzene rings is 2. The molecule has 1 aromatic heterocycles. The summed E-state index contributed by atoms with van der Waals surface area (Å²) in [5, 5.41) is 4.48. The van der Waals surface area contributed by atoms with E-state index < -0.39 is 10.0 Å². The van der Waals surface area contributed by atoms with E-state index in [0.29, 0.717) is 5.69 Å². The summed E-state index contributed by atoms with van der Waals surface area (Å²) in [7, 11) is -3.57. The SMILES string of the molecule is CCc1cccc(C)c1NC(=O)C(C)Sc1ccc(NS(=O)(=O)c2cccs2)cc1. The van der Waals surface area contributed by atoms with Crippen molar-refractivity contribution >= 4 is 50.4 Å². The topological polar surface area (TPSA) is 75.3 Å². The van der Waals surface area contributed by atoms with Gasteiger partial charge in [0.15, 0.2) is 0 Å². The molecule has 1 atom stereocenters. The highest BCUT2D eigenvalue weighted by Gasteiger charge is 2.18. The molecule has 158 valence electrons. The van der Waals surface area contributed by atoms with Crippen molar-refractivity contribution in [2.24, 2.45) is 0 Å². The van der Waals surface area contributed by atoms with Gasteiger partial charge in [0.05, 0.1) is 5.25 Å². The molecule has 1 amide bonds. The molecule has 2 aromatic carbocycles. The van der Waals surface area contributed by atoms with Crippen molar-refractivity contribution in [2.75, 3.05) is 10.0 Å². The molecule has 0 saturated heterocycles. The van der Waals surface area contributed by atoms with Crippen LogP contribution in [-0.2, 0) is 21.2 Å². The highest BCUT2D eigenvalue weighted by molar-refractivity contribution is 8.00. The number of rotatable bonds is 8. The first-order valence-electron chi connectivity index (χ1n) is 9.52. The number of para-hydroxylation sites is 1. The highest BCUT2D eigenvalue weighted by Crippen LogP contribution is 2.28. The van der Waals surface area contributed by atoms with Crippen LogP contribution in [-0.4, -0.2) is 19.6 Å². The molecule has 1 heterocycles. The maximum Gasteiger partial charge on any atom is 0.271 e. The van der Waals surface area contributed by atoms with Crippen molar-refractivity contribution < 1.29 is 13.2 Å². The van der Waals surface area contributed by atoms with E-state index in [1.165, 1.54) is 23.1 Å². The van der Waals surface area contributed by atoms with E-state index in [1.54, 1.807) is 29.6 Å². The summed E-state index contributed by atoms with van der Waals surface area (Å²) in [6.07, 6.45) is 0.849. The summed E-state index contributed by atoms with van der Waals surface area (Å²) in [6.45, 7) is 5.91. The van der Waals surface area contributed by atoms with Gasteiger partial charge in [-0.2, -0.15) is 0 Å². The second-order valence-corrected chi connectivity index (χ2v) is 11.0. The number of nitrogens with one attached hydrogen (secondary N) is 2. The van der Waals surface area contributed by atoms with Gasteiger partial charge in [-0.15, -0.1) is 23.1 Å². The summed E-state index contributed by atoms with van der Waals surface area (Å²) in [4.78, 5) is 13.6. The number of thiophene rings is 1. The van der Waals surface area contributed by atoms with Gasteiger partial charge >= 0.3 is 0 Å². The molecule has 0 aliphatic rings. The number of sulfonamides is 1. The normalized spacial score (nSPS) is 12.4. The van der Waals surface area contributed by atoms with Crippen LogP contribution in [0, 0.1) is 6.92 Å². The van der Waals surface area contributed by atoms with Crippen LogP contribution in [0.2, 0.25) is 0 Å². The Morgan fingerprint density at radius 3 is 2.47 bits per heavy atom. The van der Waals surface area contributed by atoms with E-state index in [-0.39, 0.29) is 15.4 Å². The number of hydrogen-bond acceptors (Lipinski definition) is 5. The lowest BCUT2D eigenvalue weighted by molar-refractivity contribution is -0.115. The van der Waals surface area contributed by atoms with E-state index in [9.17, 15) is 13.2 Å². The van der Waals surface area contributed by atoms with Gasteiger partial charge in [-0.25, -0.2) is 8.42 Å². The standard InChI is InChI=1S/C22H24N2O3S3/c1-4-17-8-5-7-15(2)21(17)23-22(25)16(3)29-19-12-10-18(11-13-19)24-30(26,27)20-9-6-14-28-20/h5-14,16,24H,4H2,1-3H3,(H,23,25). The molecule has 1 unspecified atom stereocenters. The Morgan fingerprint density at radius 2 is 1.83 bits per heavy atom. The minimum atomic E-state index is -3.57. The van der Waals surface area contributed by atoms with Crippen molar-refractivity contribution in [3.8, 4) is 0 Å². The molecular weight excluding hydrogens is 436 g/mol. The van der Waals surface area contributed by atoms with Crippen molar-refractivity contribution in [2.45, 2.75) is 41.5 Å². The maximum absolute atomic E-state index is 12.7. The third-order valence-corrected chi connectivity index (χ3v) is 8.43. The summed E-state index contributed by atoms with van der Waals surface area (Å²) >= 11 is 2.60. The number of thioether (sulfide) groups is 1. The third kappa shape index (κ3) is 5.44. The number of carbonyl (C=O) groups is 1. The van der Waals surface area contributed by atoms with Gasteiger partial charge in [-0.1, -0.05) is 31.2 Å². The van der Waals surface area contributed by atoms with E-state index >= 15 is 0 Å². The van der Waals surface area contributed by atoms with E-state index in [4.69, 9.17) is 0 Å². The quantitative estimate of drug-likeness (QED) is 0.433. The lowest BCUT2D eigenvalue weighted by Gasteiger charge is -2.16. The largest absolute Gasteiger partial charge is 0.325 e. The molecule has 0 spiro atoms. The fourth-order valence-corrected chi connectivity index (χ4v) is 5.83. The Balaban J connectivity index is 1.63. The maximum atomic E-state index is 12.7. The van der Waals surface area contributed by atoms with E-state index in [0.717, 1.165) is 28.1 Å². The number of anilines is 2. The van der Waals surface area contributed by atoms with Gasteiger partial charge in [0, 0.05) is 16.3 Å². The zero-order chi connectivity index (χ0) is 21.7. The fraction of sp³-hybridized carbons (Fsp3) is 0.227. The van der Waals surface area contributed by atoms with Gasteiger partial charge in [0.1, 0.15) is 4.21 Å². The summed E-state index contributed by atoms with van der Waals surface area (Å²) in [5.74, 6) is -0.0634. The van der Waals surface area contributed by atoms with Crippen LogP contribution in [0.15, 0.2) is 69.1 Å². The molecule has 0 aliphatic heterocycles. The van der Waals surface area contributed by atoms with Crippen LogP contribution in [0.25, 0.3) is 0 Å². The Morgan fingerprint density at radius 1 is 1.10 bits per heavy atom. The van der Waals surface area contributed by atoms with Crippen LogP contribution in [0.3, 0.4) is 0 Å². The molecule has 5 nitrogen and oxygen atoms in total. The van der Waals surface area contributed by atoms with E-state index in [2.05, 4.69) is 17.0 Å². The van der Waals surface area contributed by atoms with E-state index in [1.807, 2.05) is 44.2 Å². The summed E-state index contributed by atoms with van der Waals surface area (Å²) < 4.78 is 27.5. The average molecular weight is 461 g/mol. The van der Waals surface area contributed by atoms with Gasteiger partial charge in [0.25, 0.3) is 10.0 Å². The van der Waals surface area contributed by atoms with Gasteiger partial charge in [-0.05, 0) is 67.1 Å². The molecule has 8 heteroatoms. The number of carbonyl (C=O) groups excluding carboxylic acids is 1. The van der Waals surface area contributed by atoms with Crippen molar-refractivity contribution in [3.63, 3.8) is 0 Å². The molecule has 0 aliphatic carbocycles. The predicted molar refractivity (Wildman–Crippen MR) is 126 cm³/mol. The fourth-order valence-electron chi connectivity index (χ4n) is 2.91. The first kappa shape index (κ1) is 22.4. The predicted octanol–water partition coefficient (Wildman–Crippen LogP) is 5.54. The van der Waals surface area contributed by atoms with Crippen LogP contribution >= 0.6 is 23.1 Å². The molecule has 0 bridgehead atoms. The molecule has 30 heavy (non-hydrogen) atoms. The molecule has 3 rings (SSSR count). The molecule has 3 aromatic rings. The molecule has 2 N–H and O–H groups in total. The van der Waals surface area contributed by atoms with Crippen LogP contribution < -0.4 is 10.0 Å². The zero-order valence-corrected chi connectivity index (χ0v) is 19.5. The zero-order valence-electron chi connectivity index (χ0n) is 17.0. The minimum absolute atomic E-state index is 0.0634. The monoisotopic (exact) mass is 460 g/mol. The second-order valence-electron chi connectivity index (χ2n) is 6.77. The highest BCUT2D eigenvalue weighted by atomic mass is 32.2. The summed E-state index contributed by atoms with van der Waals surface area (Å²) in [6, 6.07) is 16.3. The molecule has 0 saturated carbocycles. The van der Waals surface area contributed by atoms with Crippen LogP contribution in [0.5, 0.6) is 0 Å². The average Bonchev–Trinajstić information content (AvgIpc) is 3.26.